The van der Waals surface area contributed by atoms with Gasteiger partial charge in [-0.2, -0.15) is 18.2 Å². The average molecular weight is 635 g/mol. The number of nitrogens with zero attached hydrogens (tertiary/aromatic N) is 3. The quantitative estimate of drug-likeness (QED) is 0.216. The number of ketones is 1. The number of hydrogen-bond donors (Lipinski definition) is 1. The summed E-state index contributed by atoms with van der Waals surface area (Å²) in [6.07, 6.45) is -3.82. The van der Waals surface area contributed by atoms with Crippen molar-refractivity contribution < 1.29 is 36.8 Å². The van der Waals surface area contributed by atoms with E-state index in [1.165, 1.54) is 4.90 Å². The number of piperidine rings is 1. The Balaban J connectivity index is 1.19. The Kier molecular flexibility index (Phi) is 10.1. The fraction of sp³-hybridized carbons (Fsp3) is 0.324. The molecule has 3 atom stereocenters. The number of alkyl halides is 3. The maximum atomic E-state index is 13.6. The number of nitrogens with one attached hydrogen (secondary N) is 1. The first-order valence-corrected chi connectivity index (χ1v) is 14.9. The summed E-state index contributed by atoms with van der Waals surface area (Å²) in [6, 6.07) is 23.9. The van der Waals surface area contributed by atoms with Crippen molar-refractivity contribution in [1.29, 1.82) is 0 Å². The number of benzene rings is 3. The third kappa shape index (κ3) is 8.17. The Morgan fingerprint density at radius 1 is 0.978 bits per heavy atom. The number of halogens is 3. The van der Waals surface area contributed by atoms with Crippen LogP contribution >= 0.6 is 0 Å². The Hall–Kier alpha value is -5.00. The third-order valence-electron chi connectivity index (χ3n) is 8.00. The summed E-state index contributed by atoms with van der Waals surface area (Å²) in [5, 5.41) is 6.18. The van der Waals surface area contributed by atoms with Crippen LogP contribution in [-0.2, 0) is 33.5 Å². The number of likely N-dealkylation sites (tertiary alicyclic amines) is 1. The molecule has 0 unspecified atom stereocenters. The van der Waals surface area contributed by atoms with Crippen LogP contribution in [0.1, 0.15) is 54.7 Å². The van der Waals surface area contributed by atoms with Gasteiger partial charge >= 0.3 is 18.2 Å². The molecular formula is C34H33F3N4O5. The van der Waals surface area contributed by atoms with Gasteiger partial charge in [0.05, 0.1) is 6.04 Å². The Morgan fingerprint density at radius 3 is 2.30 bits per heavy atom. The van der Waals surface area contributed by atoms with E-state index >= 15 is 0 Å². The second-order valence-electron chi connectivity index (χ2n) is 11.2. The van der Waals surface area contributed by atoms with Crippen LogP contribution in [0.2, 0.25) is 0 Å². The summed E-state index contributed by atoms with van der Waals surface area (Å²) >= 11 is 0. The number of carbonyl (C=O) groups is 3. The summed E-state index contributed by atoms with van der Waals surface area (Å²) in [5.74, 6) is -2.21. The summed E-state index contributed by atoms with van der Waals surface area (Å²) in [5.41, 5.74) is 3.01. The van der Waals surface area contributed by atoms with E-state index in [9.17, 15) is 27.6 Å². The van der Waals surface area contributed by atoms with E-state index in [0.717, 1.165) is 16.7 Å². The molecule has 12 heteroatoms. The van der Waals surface area contributed by atoms with Crippen LogP contribution in [0.25, 0.3) is 11.4 Å². The molecule has 9 nitrogen and oxygen atoms in total. The molecule has 1 aliphatic rings. The molecule has 4 aromatic rings. The van der Waals surface area contributed by atoms with Crippen molar-refractivity contribution in [2.45, 2.75) is 63.4 Å². The van der Waals surface area contributed by atoms with Gasteiger partial charge in [-0.05, 0) is 48.8 Å². The van der Waals surface area contributed by atoms with Gasteiger partial charge in [-0.25, -0.2) is 4.79 Å². The van der Waals surface area contributed by atoms with E-state index in [1.807, 2.05) is 60.7 Å². The van der Waals surface area contributed by atoms with Crippen molar-refractivity contribution in [3.63, 3.8) is 0 Å². The lowest BCUT2D eigenvalue weighted by atomic mass is 9.85. The number of carbonyl (C=O) groups excluding carboxylic acids is 3. The number of aryl methyl sites for hydroxylation is 1. The molecule has 2 amide bonds. The van der Waals surface area contributed by atoms with Crippen molar-refractivity contribution in [3.05, 3.63) is 108 Å². The Bertz CT molecular complexity index is 1630. The number of Topliss-reactive ketones (excluding diaryl/α,β-unsaturated/α-hetero) is 1. The zero-order valence-corrected chi connectivity index (χ0v) is 25.1. The minimum absolute atomic E-state index is 0.0524. The normalized spacial score (nSPS) is 17.3. The molecule has 240 valence electrons. The fourth-order valence-electron chi connectivity index (χ4n) is 5.41. The smallest absolute Gasteiger partial charge is 0.445 e. The van der Waals surface area contributed by atoms with Crippen molar-refractivity contribution in [2.75, 3.05) is 6.54 Å². The summed E-state index contributed by atoms with van der Waals surface area (Å²) in [4.78, 5) is 44.6. The van der Waals surface area contributed by atoms with Crippen molar-refractivity contribution >= 4 is 17.8 Å². The van der Waals surface area contributed by atoms with Crippen LogP contribution < -0.4 is 5.32 Å². The predicted molar refractivity (Wildman–Crippen MR) is 161 cm³/mol. The Labute approximate surface area is 263 Å². The zero-order chi connectivity index (χ0) is 32.7. The van der Waals surface area contributed by atoms with Gasteiger partial charge in [0.2, 0.25) is 11.7 Å². The van der Waals surface area contributed by atoms with E-state index in [0.29, 0.717) is 31.4 Å². The fourth-order valence-corrected chi connectivity index (χ4v) is 5.41. The monoisotopic (exact) mass is 634 g/mol. The van der Waals surface area contributed by atoms with Crippen LogP contribution in [-0.4, -0.2) is 51.5 Å². The minimum atomic E-state index is -4.73. The van der Waals surface area contributed by atoms with Gasteiger partial charge in [-0.3, -0.25) is 14.5 Å². The summed E-state index contributed by atoms with van der Waals surface area (Å²) < 4.78 is 48.1. The lowest BCUT2D eigenvalue weighted by Gasteiger charge is -2.38. The number of rotatable bonds is 10. The predicted octanol–water partition coefficient (Wildman–Crippen LogP) is 6.35. The standard InChI is InChI=1S/C34H33F3N4O5/c1-22(29(42)17-14-23-12-15-26(16-13-23)30-39-32(46-40-30)34(35,36)37)38-31(43)28-20-27(25-10-6-3-7-11-25)18-19-41(28)33(44)45-21-24-8-4-2-5-9-24/h2-13,15-16,22,27-28H,14,17-21H2,1H3,(H,38,43)/t22-,27-,28+/m0/s1. The molecule has 1 fully saturated rings. The van der Waals surface area contributed by atoms with Gasteiger partial charge in [0.15, 0.2) is 5.78 Å². The first kappa shape index (κ1) is 32.4. The molecule has 46 heavy (non-hydrogen) atoms. The molecule has 0 radical (unpaired) electrons. The third-order valence-corrected chi connectivity index (χ3v) is 8.00. The molecule has 0 aliphatic carbocycles. The maximum absolute atomic E-state index is 13.6. The maximum Gasteiger partial charge on any atom is 0.471 e. The highest BCUT2D eigenvalue weighted by Gasteiger charge is 2.39. The second-order valence-corrected chi connectivity index (χ2v) is 11.2. The van der Waals surface area contributed by atoms with E-state index in [1.54, 1.807) is 31.2 Å². The molecule has 2 heterocycles. The molecule has 1 aliphatic heterocycles. The highest BCUT2D eigenvalue weighted by atomic mass is 19.4. The van der Waals surface area contributed by atoms with Gasteiger partial charge in [-0.15, -0.1) is 0 Å². The van der Waals surface area contributed by atoms with Crippen molar-refractivity contribution in [3.8, 4) is 11.4 Å². The van der Waals surface area contributed by atoms with Gasteiger partial charge < -0.3 is 14.6 Å². The minimum Gasteiger partial charge on any atom is -0.445 e. The van der Waals surface area contributed by atoms with Gasteiger partial charge in [-0.1, -0.05) is 90.1 Å². The van der Waals surface area contributed by atoms with Gasteiger partial charge in [0.1, 0.15) is 12.6 Å². The SMILES string of the molecule is C[C@H](NC(=O)[C@H]1C[C@@H](c2ccccc2)CCN1C(=O)OCc1ccccc1)C(=O)CCc1ccc(-c2noc(C(F)(F)F)n2)cc1. The molecule has 3 aromatic carbocycles. The van der Waals surface area contributed by atoms with E-state index < -0.39 is 36.2 Å². The number of hydrogen-bond acceptors (Lipinski definition) is 7. The number of aromatic nitrogens is 2. The number of ether oxygens (including phenoxy) is 1. The molecular weight excluding hydrogens is 601 g/mol. The van der Waals surface area contributed by atoms with E-state index in [4.69, 9.17) is 4.74 Å². The molecule has 5 rings (SSSR count). The van der Waals surface area contributed by atoms with Crippen LogP contribution in [0.15, 0.2) is 89.5 Å². The van der Waals surface area contributed by atoms with Crippen LogP contribution in [0.5, 0.6) is 0 Å². The average Bonchev–Trinajstić information content (AvgIpc) is 3.58. The topological polar surface area (TPSA) is 115 Å². The first-order chi connectivity index (χ1) is 22.1. The molecule has 1 N–H and O–H groups in total. The number of amides is 2. The zero-order valence-electron chi connectivity index (χ0n) is 25.1. The molecule has 0 spiro atoms. The highest BCUT2D eigenvalue weighted by Crippen LogP contribution is 2.33. The second kappa shape index (κ2) is 14.4. The van der Waals surface area contributed by atoms with Crippen molar-refractivity contribution in [1.82, 2.24) is 20.4 Å². The van der Waals surface area contributed by atoms with E-state index in [-0.39, 0.29) is 30.6 Å². The largest absolute Gasteiger partial charge is 0.471 e. The van der Waals surface area contributed by atoms with Crippen molar-refractivity contribution in [2.24, 2.45) is 0 Å². The molecule has 1 aromatic heterocycles. The van der Waals surface area contributed by atoms with Gasteiger partial charge in [0.25, 0.3) is 0 Å². The molecule has 0 bridgehead atoms. The van der Waals surface area contributed by atoms with Crippen LogP contribution in [0.3, 0.4) is 0 Å². The van der Waals surface area contributed by atoms with E-state index in [2.05, 4.69) is 20.0 Å². The lowest BCUT2D eigenvalue weighted by Crippen LogP contribution is -2.55. The summed E-state index contributed by atoms with van der Waals surface area (Å²) in [7, 11) is 0. The highest BCUT2D eigenvalue weighted by molar-refractivity contribution is 5.92. The first-order valence-electron chi connectivity index (χ1n) is 14.9. The van der Waals surface area contributed by atoms with Crippen LogP contribution in [0.4, 0.5) is 18.0 Å². The van der Waals surface area contributed by atoms with Gasteiger partial charge in [0, 0.05) is 18.5 Å². The molecule has 0 saturated carbocycles. The lowest BCUT2D eigenvalue weighted by molar-refractivity contribution is -0.159. The van der Waals surface area contributed by atoms with Crippen LogP contribution in [0, 0.1) is 0 Å². The summed E-state index contributed by atoms with van der Waals surface area (Å²) in [6.45, 7) is 2.00. The molecule has 1 saturated heterocycles. The Morgan fingerprint density at radius 2 is 1.65 bits per heavy atom.